The number of benzene rings is 2. The molecule has 3 rings (SSSR count). The zero-order valence-corrected chi connectivity index (χ0v) is 13.0. The second-order valence-corrected chi connectivity index (χ2v) is 6.96. The van der Waals surface area contributed by atoms with E-state index in [1.54, 1.807) is 0 Å². The van der Waals surface area contributed by atoms with Crippen LogP contribution in [0.2, 0.25) is 0 Å². The first-order chi connectivity index (χ1) is 8.47. The number of halogens is 1. The Hall–Kier alpha value is -1.03. The van der Waals surface area contributed by atoms with Crippen molar-refractivity contribution in [2.24, 2.45) is 0 Å². The minimum atomic E-state index is 0.194. The molecule has 0 saturated heterocycles. The van der Waals surface area contributed by atoms with Gasteiger partial charge in [-0.25, -0.2) is 0 Å². The minimum absolute atomic E-state index is 0.194. The summed E-state index contributed by atoms with van der Waals surface area (Å²) >= 11 is 2.39. The Labute approximate surface area is 121 Å². The van der Waals surface area contributed by atoms with E-state index in [4.69, 9.17) is 0 Å². The number of aromatic amines is 1. The summed E-state index contributed by atoms with van der Waals surface area (Å²) in [5, 5.41) is 2.65. The van der Waals surface area contributed by atoms with Crippen molar-refractivity contribution < 1.29 is 0 Å². The van der Waals surface area contributed by atoms with E-state index in [2.05, 4.69) is 84.7 Å². The van der Waals surface area contributed by atoms with Crippen LogP contribution in [0.15, 0.2) is 36.4 Å². The van der Waals surface area contributed by atoms with Gasteiger partial charge in [-0.3, -0.25) is 0 Å². The molecule has 1 nitrogen and oxygen atoms in total. The zero-order valence-electron chi connectivity index (χ0n) is 10.8. The van der Waals surface area contributed by atoms with Crippen molar-refractivity contribution in [3.05, 3.63) is 45.5 Å². The molecule has 0 radical (unpaired) electrons. The molecule has 3 aromatic rings. The predicted molar refractivity (Wildman–Crippen MR) is 87.2 cm³/mol. The third-order valence-corrected chi connectivity index (χ3v) is 4.35. The fraction of sp³-hybridized carbons (Fsp3) is 0.250. The minimum Gasteiger partial charge on any atom is -0.354 e. The summed E-state index contributed by atoms with van der Waals surface area (Å²) in [4.78, 5) is 3.52. The van der Waals surface area contributed by atoms with Crippen molar-refractivity contribution >= 4 is 44.4 Å². The lowest BCUT2D eigenvalue weighted by atomic mass is 9.86. The molecule has 1 aromatic heterocycles. The van der Waals surface area contributed by atoms with Crippen LogP contribution in [0.4, 0.5) is 0 Å². The molecule has 92 valence electrons. The monoisotopic (exact) mass is 349 g/mol. The predicted octanol–water partition coefficient (Wildman–Crippen LogP) is 5.22. The van der Waals surface area contributed by atoms with E-state index in [1.807, 2.05) is 0 Å². The summed E-state index contributed by atoms with van der Waals surface area (Å²) in [6.45, 7) is 6.77. The standard InChI is InChI=1S/C16H16IN/c1-16(2,3)10-7-8-14-12(9-10)11-5-4-6-13(17)15(11)18-14/h4-9,18H,1-3H3. The number of hydrogen-bond acceptors (Lipinski definition) is 0. The molecule has 1 N–H and O–H groups in total. The van der Waals surface area contributed by atoms with Crippen molar-refractivity contribution in [2.45, 2.75) is 26.2 Å². The van der Waals surface area contributed by atoms with Gasteiger partial charge in [-0.2, -0.15) is 0 Å². The Kier molecular flexibility index (Phi) is 2.66. The summed E-state index contributed by atoms with van der Waals surface area (Å²) in [5.41, 5.74) is 4.05. The maximum atomic E-state index is 3.52. The van der Waals surface area contributed by atoms with Crippen molar-refractivity contribution in [1.29, 1.82) is 0 Å². The van der Waals surface area contributed by atoms with Crippen LogP contribution in [0, 0.1) is 3.57 Å². The lowest BCUT2D eigenvalue weighted by Crippen LogP contribution is -2.10. The summed E-state index contributed by atoms with van der Waals surface area (Å²) < 4.78 is 1.28. The Morgan fingerprint density at radius 2 is 1.78 bits per heavy atom. The van der Waals surface area contributed by atoms with Crippen LogP contribution in [-0.2, 0) is 5.41 Å². The maximum absolute atomic E-state index is 3.52. The van der Waals surface area contributed by atoms with Gasteiger partial charge in [-0.15, -0.1) is 0 Å². The molecule has 0 fully saturated rings. The Morgan fingerprint density at radius 1 is 1.00 bits per heavy atom. The van der Waals surface area contributed by atoms with E-state index < -0.39 is 0 Å². The average Bonchev–Trinajstić information content (AvgIpc) is 2.67. The van der Waals surface area contributed by atoms with E-state index in [1.165, 1.54) is 30.9 Å². The van der Waals surface area contributed by atoms with Gasteiger partial charge >= 0.3 is 0 Å². The molecule has 0 amide bonds. The molecule has 0 unspecified atom stereocenters. The van der Waals surface area contributed by atoms with Gasteiger partial charge in [0, 0.05) is 19.9 Å². The first-order valence-electron chi connectivity index (χ1n) is 6.17. The van der Waals surface area contributed by atoms with Crippen LogP contribution in [0.5, 0.6) is 0 Å². The number of rotatable bonds is 0. The third kappa shape index (κ3) is 1.83. The van der Waals surface area contributed by atoms with E-state index in [-0.39, 0.29) is 5.41 Å². The summed E-state index contributed by atoms with van der Waals surface area (Å²) in [6, 6.07) is 13.2. The smallest absolute Gasteiger partial charge is 0.0600 e. The number of aromatic nitrogens is 1. The molecule has 18 heavy (non-hydrogen) atoms. The molecule has 0 aliphatic carbocycles. The van der Waals surface area contributed by atoms with Crippen LogP contribution in [0.3, 0.4) is 0 Å². The van der Waals surface area contributed by atoms with E-state index in [0.29, 0.717) is 0 Å². The van der Waals surface area contributed by atoms with E-state index in [0.717, 1.165) is 0 Å². The van der Waals surface area contributed by atoms with Gasteiger partial charge < -0.3 is 4.98 Å². The fourth-order valence-electron chi connectivity index (χ4n) is 2.35. The highest BCUT2D eigenvalue weighted by atomic mass is 127. The molecule has 0 spiro atoms. The molecule has 2 aromatic carbocycles. The Balaban J connectivity index is 2.40. The highest BCUT2D eigenvalue weighted by molar-refractivity contribution is 14.1. The van der Waals surface area contributed by atoms with Crippen LogP contribution in [0.1, 0.15) is 26.3 Å². The van der Waals surface area contributed by atoms with Gasteiger partial charge in [0.15, 0.2) is 0 Å². The van der Waals surface area contributed by atoms with Crippen molar-refractivity contribution in [3.63, 3.8) is 0 Å². The molecule has 2 heteroatoms. The molecule has 0 saturated carbocycles. The summed E-state index contributed by atoms with van der Waals surface area (Å²) in [6.07, 6.45) is 0. The number of H-pyrrole nitrogens is 1. The van der Waals surface area contributed by atoms with Crippen molar-refractivity contribution in [3.8, 4) is 0 Å². The zero-order chi connectivity index (χ0) is 12.9. The second-order valence-electron chi connectivity index (χ2n) is 5.80. The largest absolute Gasteiger partial charge is 0.354 e. The Bertz CT molecular complexity index is 732. The Morgan fingerprint density at radius 3 is 2.50 bits per heavy atom. The summed E-state index contributed by atoms with van der Waals surface area (Å²) in [5.74, 6) is 0. The fourth-order valence-corrected chi connectivity index (χ4v) is 2.99. The van der Waals surface area contributed by atoms with Crippen molar-refractivity contribution in [2.75, 3.05) is 0 Å². The van der Waals surface area contributed by atoms with E-state index >= 15 is 0 Å². The van der Waals surface area contributed by atoms with Gasteiger partial charge in [0.05, 0.1) is 5.52 Å². The van der Waals surface area contributed by atoms with Crippen molar-refractivity contribution in [1.82, 2.24) is 4.98 Å². The van der Waals surface area contributed by atoms with Gasteiger partial charge in [0.2, 0.25) is 0 Å². The first-order valence-corrected chi connectivity index (χ1v) is 7.25. The second kappa shape index (κ2) is 3.98. The van der Waals surface area contributed by atoms with Crippen LogP contribution >= 0.6 is 22.6 Å². The molecule has 1 heterocycles. The van der Waals surface area contributed by atoms with Gasteiger partial charge in [-0.1, -0.05) is 39.0 Å². The molecular formula is C16H16IN. The van der Waals surface area contributed by atoms with Crippen LogP contribution in [-0.4, -0.2) is 4.98 Å². The number of nitrogens with one attached hydrogen (secondary N) is 1. The lowest BCUT2D eigenvalue weighted by Gasteiger charge is -2.18. The number of hydrogen-bond donors (Lipinski definition) is 1. The molecule has 0 aliphatic rings. The quantitative estimate of drug-likeness (QED) is 0.536. The first kappa shape index (κ1) is 12.0. The van der Waals surface area contributed by atoms with Crippen LogP contribution in [0.25, 0.3) is 21.8 Å². The molecular weight excluding hydrogens is 333 g/mol. The number of fused-ring (bicyclic) bond motifs is 3. The van der Waals surface area contributed by atoms with Gasteiger partial charge in [0.1, 0.15) is 0 Å². The topological polar surface area (TPSA) is 15.8 Å². The average molecular weight is 349 g/mol. The highest BCUT2D eigenvalue weighted by Gasteiger charge is 2.15. The lowest BCUT2D eigenvalue weighted by molar-refractivity contribution is 0.591. The van der Waals surface area contributed by atoms with Gasteiger partial charge in [0.25, 0.3) is 0 Å². The summed E-state index contributed by atoms with van der Waals surface area (Å²) in [7, 11) is 0. The SMILES string of the molecule is CC(C)(C)c1ccc2[nH]c3c(I)cccc3c2c1. The maximum Gasteiger partial charge on any atom is 0.0600 e. The normalized spacial score (nSPS) is 12.4. The highest BCUT2D eigenvalue weighted by Crippen LogP contribution is 2.32. The number of para-hydroxylation sites is 1. The molecule has 0 atom stereocenters. The van der Waals surface area contributed by atoms with Gasteiger partial charge in [-0.05, 0) is 51.8 Å². The van der Waals surface area contributed by atoms with Crippen LogP contribution < -0.4 is 0 Å². The van der Waals surface area contributed by atoms with E-state index in [9.17, 15) is 0 Å². The molecule has 0 aliphatic heterocycles. The molecule has 0 bridgehead atoms. The third-order valence-electron chi connectivity index (χ3n) is 3.45.